The highest BCUT2D eigenvalue weighted by Gasteiger charge is 2.66. The van der Waals surface area contributed by atoms with Crippen LogP contribution in [0, 0.1) is 6.92 Å². The standard InChI is InChI=1S/C26H28N2O5/c1-4-14-27-20-9-6-5-8-19(20)26(25(27)32)21(22(29)18-12-10-17(2)11-13-18)23(30)24(31)28(26)15-7-16-33-3/h5-6,8-13,29H,4,7,14-16H2,1-3H3. The number of aryl methyl sites for hydroxylation is 1. The third-order valence-electron chi connectivity index (χ3n) is 6.31. The van der Waals surface area contributed by atoms with Crippen LogP contribution in [0.1, 0.15) is 36.5 Å². The van der Waals surface area contributed by atoms with Gasteiger partial charge in [-0.2, -0.15) is 0 Å². The monoisotopic (exact) mass is 448 g/mol. The van der Waals surface area contributed by atoms with Crippen molar-refractivity contribution in [1.29, 1.82) is 0 Å². The van der Waals surface area contributed by atoms with Gasteiger partial charge < -0.3 is 19.6 Å². The zero-order valence-corrected chi connectivity index (χ0v) is 19.1. The Morgan fingerprint density at radius 1 is 1.03 bits per heavy atom. The van der Waals surface area contributed by atoms with Crippen LogP contribution in [0.15, 0.2) is 54.1 Å². The molecule has 2 heterocycles. The first-order chi connectivity index (χ1) is 15.9. The topological polar surface area (TPSA) is 87.2 Å². The zero-order valence-electron chi connectivity index (χ0n) is 19.1. The Hall–Kier alpha value is -3.45. The van der Waals surface area contributed by atoms with Crippen molar-refractivity contribution in [3.8, 4) is 0 Å². The quantitative estimate of drug-likeness (QED) is 0.304. The average Bonchev–Trinajstić information content (AvgIpc) is 3.19. The van der Waals surface area contributed by atoms with E-state index in [1.807, 2.05) is 38.1 Å². The fourth-order valence-electron chi connectivity index (χ4n) is 4.83. The van der Waals surface area contributed by atoms with Gasteiger partial charge >= 0.3 is 0 Å². The maximum atomic E-state index is 14.1. The minimum Gasteiger partial charge on any atom is -0.507 e. The summed E-state index contributed by atoms with van der Waals surface area (Å²) in [7, 11) is 1.56. The van der Waals surface area contributed by atoms with Crippen molar-refractivity contribution in [3.05, 3.63) is 70.8 Å². The molecule has 0 aromatic heterocycles. The van der Waals surface area contributed by atoms with Crippen LogP contribution < -0.4 is 4.90 Å². The lowest BCUT2D eigenvalue weighted by Gasteiger charge is -2.34. The van der Waals surface area contributed by atoms with Crippen molar-refractivity contribution in [3.63, 3.8) is 0 Å². The number of likely N-dealkylation sites (tertiary alicyclic amines) is 1. The molecule has 7 nitrogen and oxygen atoms in total. The Kier molecular flexibility index (Phi) is 6.08. The second kappa shape index (κ2) is 8.83. The van der Waals surface area contributed by atoms with Crippen LogP contribution in [0.4, 0.5) is 5.69 Å². The zero-order chi connectivity index (χ0) is 23.8. The van der Waals surface area contributed by atoms with E-state index >= 15 is 0 Å². The van der Waals surface area contributed by atoms with Gasteiger partial charge in [-0.3, -0.25) is 14.4 Å². The van der Waals surface area contributed by atoms with Crippen molar-refractivity contribution < 1.29 is 24.2 Å². The molecule has 0 radical (unpaired) electrons. The number of hydrogen-bond acceptors (Lipinski definition) is 5. The lowest BCUT2D eigenvalue weighted by atomic mass is 9.81. The second-order valence-electron chi connectivity index (χ2n) is 8.41. The summed E-state index contributed by atoms with van der Waals surface area (Å²) in [5.41, 5.74) is 0.672. The molecule has 2 aliphatic rings. The Labute approximate surface area is 193 Å². The number of fused-ring (bicyclic) bond motifs is 2. The predicted molar refractivity (Wildman–Crippen MR) is 125 cm³/mol. The molecule has 33 heavy (non-hydrogen) atoms. The number of nitrogens with zero attached hydrogens (tertiary/aromatic N) is 2. The number of methoxy groups -OCH3 is 1. The minimum absolute atomic E-state index is 0.142. The van der Waals surface area contributed by atoms with Gasteiger partial charge in [0.25, 0.3) is 17.6 Å². The molecular weight excluding hydrogens is 420 g/mol. The van der Waals surface area contributed by atoms with E-state index in [1.165, 1.54) is 4.90 Å². The van der Waals surface area contributed by atoms with Gasteiger partial charge in [0, 0.05) is 37.9 Å². The molecule has 1 unspecified atom stereocenters. The van der Waals surface area contributed by atoms with Gasteiger partial charge in [-0.15, -0.1) is 0 Å². The number of rotatable bonds is 7. The van der Waals surface area contributed by atoms with E-state index in [1.54, 1.807) is 36.3 Å². The summed E-state index contributed by atoms with van der Waals surface area (Å²) in [5.74, 6) is -2.38. The van der Waals surface area contributed by atoms with Gasteiger partial charge in [0.15, 0.2) is 5.54 Å². The maximum absolute atomic E-state index is 14.1. The van der Waals surface area contributed by atoms with Crippen LogP contribution in [0.5, 0.6) is 0 Å². The van der Waals surface area contributed by atoms with E-state index in [4.69, 9.17) is 4.74 Å². The van der Waals surface area contributed by atoms with Gasteiger partial charge in [-0.05, 0) is 25.8 Å². The summed E-state index contributed by atoms with van der Waals surface area (Å²) in [5, 5.41) is 11.4. The molecule has 2 aromatic rings. The number of aliphatic hydroxyl groups excluding tert-OH is 1. The molecule has 2 aromatic carbocycles. The van der Waals surface area contributed by atoms with E-state index in [-0.39, 0.29) is 17.9 Å². The van der Waals surface area contributed by atoms with Crippen LogP contribution in [0.2, 0.25) is 0 Å². The molecule has 1 atom stereocenters. The summed E-state index contributed by atoms with van der Waals surface area (Å²) < 4.78 is 5.15. The number of para-hydroxylation sites is 1. The lowest BCUT2D eigenvalue weighted by Crippen LogP contribution is -2.52. The molecule has 4 rings (SSSR count). The first-order valence-electron chi connectivity index (χ1n) is 11.2. The van der Waals surface area contributed by atoms with E-state index < -0.39 is 23.1 Å². The molecular formula is C26H28N2O5. The van der Waals surface area contributed by atoms with Crippen molar-refractivity contribution in [2.75, 3.05) is 31.7 Å². The number of carbonyl (C=O) groups excluding carboxylic acids is 3. The Morgan fingerprint density at radius 2 is 1.73 bits per heavy atom. The third kappa shape index (κ3) is 3.35. The molecule has 172 valence electrons. The number of aliphatic hydroxyl groups is 1. The molecule has 1 N–H and O–H groups in total. The minimum atomic E-state index is -1.71. The number of amides is 2. The molecule has 1 fully saturated rings. The fourth-order valence-corrected chi connectivity index (χ4v) is 4.83. The van der Waals surface area contributed by atoms with Crippen molar-refractivity contribution in [2.24, 2.45) is 0 Å². The molecule has 2 aliphatic heterocycles. The van der Waals surface area contributed by atoms with Gasteiger partial charge in [-0.25, -0.2) is 0 Å². The number of carbonyl (C=O) groups is 3. The largest absolute Gasteiger partial charge is 0.507 e. The van der Waals surface area contributed by atoms with Crippen molar-refractivity contribution in [1.82, 2.24) is 4.90 Å². The highest BCUT2D eigenvalue weighted by molar-refractivity contribution is 6.50. The van der Waals surface area contributed by atoms with Gasteiger partial charge in [0.2, 0.25) is 0 Å². The molecule has 7 heteroatoms. The molecule has 2 amide bonds. The highest BCUT2D eigenvalue weighted by Crippen LogP contribution is 2.53. The van der Waals surface area contributed by atoms with Gasteiger partial charge in [0.1, 0.15) is 5.76 Å². The molecule has 0 saturated carbocycles. The van der Waals surface area contributed by atoms with Crippen LogP contribution in [-0.4, -0.2) is 54.4 Å². The highest BCUT2D eigenvalue weighted by atomic mass is 16.5. The maximum Gasteiger partial charge on any atom is 0.296 e. The third-order valence-corrected chi connectivity index (χ3v) is 6.31. The molecule has 1 spiro atoms. The summed E-state index contributed by atoms with van der Waals surface area (Å²) in [6.07, 6.45) is 1.14. The van der Waals surface area contributed by atoms with Crippen molar-refractivity contribution in [2.45, 2.75) is 32.2 Å². The Morgan fingerprint density at radius 3 is 2.39 bits per heavy atom. The predicted octanol–water partition coefficient (Wildman–Crippen LogP) is 3.36. The number of benzene rings is 2. The van der Waals surface area contributed by atoms with Crippen LogP contribution in [0.25, 0.3) is 5.76 Å². The normalized spacial score (nSPS) is 21.4. The molecule has 0 aliphatic carbocycles. The van der Waals surface area contributed by atoms with E-state index in [2.05, 4.69) is 0 Å². The first-order valence-corrected chi connectivity index (χ1v) is 11.2. The summed E-state index contributed by atoms with van der Waals surface area (Å²) >= 11 is 0. The number of hydrogen-bond donors (Lipinski definition) is 1. The van der Waals surface area contributed by atoms with Crippen molar-refractivity contribution >= 4 is 29.0 Å². The SMILES string of the molecule is CCCN1C(=O)C2(C(=C(O)c3ccc(C)cc3)C(=O)C(=O)N2CCCOC)c2ccccc21. The number of Topliss-reactive ketones (excluding diaryl/α,β-unsaturated/α-hetero) is 1. The summed E-state index contributed by atoms with van der Waals surface area (Å²) in [6, 6.07) is 14.2. The van der Waals surface area contributed by atoms with Crippen LogP contribution >= 0.6 is 0 Å². The van der Waals surface area contributed by atoms with E-state index in [9.17, 15) is 19.5 Å². The van der Waals surface area contributed by atoms with Gasteiger partial charge in [0.05, 0.1) is 11.3 Å². The van der Waals surface area contributed by atoms with Crippen LogP contribution in [-0.2, 0) is 24.7 Å². The number of ketones is 1. The van der Waals surface area contributed by atoms with Crippen LogP contribution in [0.3, 0.4) is 0 Å². The van der Waals surface area contributed by atoms with E-state index in [0.29, 0.717) is 42.8 Å². The van der Waals surface area contributed by atoms with Gasteiger partial charge in [-0.1, -0.05) is 55.0 Å². The first kappa shape index (κ1) is 22.7. The molecule has 0 bridgehead atoms. The van der Waals surface area contributed by atoms with E-state index in [0.717, 1.165) is 5.56 Å². The second-order valence-corrected chi connectivity index (χ2v) is 8.41. The smallest absolute Gasteiger partial charge is 0.296 e. The lowest BCUT2D eigenvalue weighted by molar-refractivity contribution is -0.143. The summed E-state index contributed by atoms with van der Waals surface area (Å²) in [4.78, 5) is 43.8. The Bertz CT molecular complexity index is 1140. The molecule has 1 saturated heterocycles. The summed E-state index contributed by atoms with van der Waals surface area (Å²) in [6.45, 7) is 4.82. The Balaban J connectivity index is 2.01. The number of anilines is 1. The number of ether oxygens (including phenoxy) is 1. The average molecular weight is 449 g/mol. The fraction of sp³-hybridized carbons (Fsp3) is 0.346.